The molecule has 6 nitrogen and oxygen atoms in total. The van der Waals surface area contributed by atoms with E-state index < -0.39 is 11.7 Å². The Kier molecular flexibility index (Phi) is 6.48. The van der Waals surface area contributed by atoms with Gasteiger partial charge in [0.1, 0.15) is 5.75 Å². The van der Waals surface area contributed by atoms with Gasteiger partial charge < -0.3 is 9.64 Å². The third-order valence-electron chi connectivity index (χ3n) is 5.44. The zero-order valence-corrected chi connectivity index (χ0v) is 18.0. The zero-order chi connectivity index (χ0) is 23.4. The van der Waals surface area contributed by atoms with Gasteiger partial charge in [-0.1, -0.05) is 24.3 Å². The molecule has 0 aliphatic carbocycles. The Morgan fingerprint density at radius 2 is 1.76 bits per heavy atom. The van der Waals surface area contributed by atoms with E-state index in [-0.39, 0.29) is 17.8 Å². The van der Waals surface area contributed by atoms with Crippen molar-refractivity contribution in [1.29, 1.82) is 0 Å². The van der Waals surface area contributed by atoms with E-state index in [2.05, 4.69) is 15.3 Å². The first-order valence-corrected chi connectivity index (χ1v) is 10.6. The number of halogens is 3. The minimum absolute atomic E-state index is 0.159. The average molecular weight is 456 g/mol. The van der Waals surface area contributed by atoms with Crippen LogP contribution in [-0.2, 0) is 11.0 Å². The van der Waals surface area contributed by atoms with Crippen LogP contribution in [0.3, 0.4) is 0 Å². The maximum Gasteiger partial charge on any atom is 0.416 e. The van der Waals surface area contributed by atoms with E-state index in [9.17, 15) is 18.0 Å². The van der Waals surface area contributed by atoms with Gasteiger partial charge in [-0.05, 0) is 50.1 Å². The highest BCUT2D eigenvalue weighted by Crippen LogP contribution is 2.33. The number of nitrogens with zero attached hydrogens (tertiary/aromatic N) is 3. The predicted molar refractivity (Wildman–Crippen MR) is 118 cm³/mol. The summed E-state index contributed by atoms with van der Waals surface area (Å²) < 4.78 is 44.7. The van der Waals surface area contributed by atoms with Crippen LogP contribution in [0.5, 0.6) is 11.6 Å². The quantitative estimate of drug-likeness (QED) is 0.553. The molecule has 0 spiro atoms. The van der Waals surface area contributed by atoms with Gasteiger partial charge in [-0.25, -0.2) is 4.98 Å². The maximum atomic E-state index is 13.0. The number of nitrogens with one attached hydrogen (secondary N) is 1. The maximum absolute atomic E-state index is 13.0. The monoisotopic (exact) mass is 456 g/mol. The molecule has 1 aromatic heterocycles. The molecular weight excluding hydrogens is 433 g/mol. The summed E-state index contributed by atoms with van der Waals surface area (Å²) in [5, 5.41) is 2.75. The van der Waals surface area contributed by atoms with Crippen LogP contribution in [0.1, 0.15) is 24.1 Å². The van der Waals surface area contributed by atoms with Crippen molar-refractivity contribution in [1.82, 2.24) is 9.97 Å². The summed E-state index contributed by atoms with van der Waals surface area (Å²) in [6.07, 6.45) is -3.35. The number of carbonyl (C=O) groups excluding carboxylic acids is 1. The molecule has 172 valence electrons. The molecule has 1 amide bonds. The number of hydrogen-bond acceptors (Lipinski definition) is 5. The average Bonchev–Trinajstić information content (AvgIpc) is 2.79. The minimum Gasteiger partial charge on any atom is -0.439 e. The van der Waals surface area contributed by atoms with Crippen molar-refractivity contribution in [2.75, 3.05) is 23.3 Å². The smallest absolute Gasteiger partial charge is 0.416 e. The van der Waals surface area contributed by atoms with E-state index in [0.29, 0.717) is 48.9 Å². The van der Waals surface area contributed by atoms with E-state index in [1.54, 1.807) is 31.2 Å². The molecule has 1 aliphatic heterocycles. The summed E-state index contributed by atoms with van der Waals surface area (Å²) in [5.74, 6) is 0.606. The first-order chi connectivity index (χ1) is 15.8. The number of ether oxygens (including phenoxy) is 1. The number of carbonyl (C=O) groups is 1. The topological polar surface area (TPSA) is 67.3 Å². The third-order valence-corrected chi connectivity index (χ3v) is 5.44. The molecule has 0 radical (unpaired) electrons. The largest absolute Gasteiger partial charge is 0.439 e. The Balaban J connectivity index is 1.37. The van der Waals surface area contributed by atoms with Crippen molar-refractivity contribution < 1.29 is 22.7 Å². The van der Waals surface area contributed by atoms with Crippen molar-refractivity contribution in [2.24, 2.45) is 5.92 Å². The number of hydrogen-bond donors (Lipinski definition) is 1. The van der Waals surface area contributed by atoms with Crippen molar-refractivity contribution >= 4 is 17.5 Å². The van der Waals surface area contributed by atoms with Crippen LogP contribution in [0.25, 0.3) is 0 Å². The van der Waals surface area contributed by atoms with E-state index in [1.165, 1.54) is 6.07 Å². The second kappa shape index (κ2) is 9.48. The highest BCUT2D eigenvalue weighted by atomic mass is 19.4. The van der Waals surface area contributed by atoms with Crippen molar-refractivity contribution in [3.63, 3.8) is 0 Å². The van der Waals surface area contributed by atoms with Crippen LogP contribution in [0.2, 0.25) is 0 Å². The van der Waals surface area contributed by atoms with E-state index in [1.807, 2.05) is 23.1 Å². The summed E-state index contributed by atoms with van der Waals surface area (Å²) >= 11 is 0. The highest BCUT2D eigenvalue weighted by molar-refractivity contribution is 5.91. The molecule has 2 heterocycles. The first kappa shape index (κ1) is 22.6. The number of amides is 1. The number of piperidine rings is 1. The highest BCUT2D eigenvalue weighted by Gasteiger charge is 2.32. The van der Waals surface area contributed by atoms with Gasteiger partial charge in [0.25, 0.3) is 0 Å². The fourth-order valence-electron chi connectivity index (χ4n) is 3.75. The van der Waals surface area contributed by atoms with Crippen LogP contribution < -0.4 is 15.0 Å². The summed E-state index contributed by atoms with van der Waals surface area (Å²) in [7, 11) is 0. The number of para-hydroxylation sites is 1. The van der Waals surface area contributed by atoms with Gasteiger partial charge in [0.15, 0.2) is 0 Å². The van der Waals surface area contributed by atoms with Gasteiger partial charge in [-0.3, -0.25) is 10.1 Å². The van der Waals surface area contributed by atoms with Crippen LogP contribution in [-0.4, -0.2) is 29.0 Å². The van der Waals surface area contributed by atoms with Gasteiger partial charge in [0.05, 0.1) is 5.56 Å². The number of benzene rings is 2. The van der Waals surface area contributed by atoms with Gasteiger partial charge in [0.2, 0.25) is 17.7 Å². The minimum atomic E-state index is -4.38. The fourth-order valence-corrected chi connectivity index (χ4v) is 3.75. The molecule has 1 saturated heterocycles. The Hall–Kier alpha value is -3.62. The van der Waals surface area contributed by atoms with Crippen LogP contribution in [0.15, 0.2) is 60.7 Å². The van der Waals surface area contributed by atoms with Crippen molar-refractivity contribution in [3.8, 4) is 11.6 Å². The summed E-state index contributed by atoms with van der Waals surface area (Å²) in [6.45, 7) is 2.75. The van der Waals surface area contributed by atoms with E-state index >= 15 is 0 Å². The summed E-state index contributed by atoms with van der Waals surface area (Å²) in [5.41, 5.74) is 0.476. The standard InChI is InChI=1S/C24H23F3N4O2/c1-16-14-21(33-20-8-3-2-4-9-20)29-23(28-16)30-22(32)17-10-12-31(13-11-17)19-7-5-6-18(15-19)24(25,26)27/h2-9,14-15,17H,10-13H2,1H3,(H,28,29,30,32). The lowest BCUT2D eigenvalue weighted by Crippen LogP contribution is -2.38. The zero-order valence-electron chi connectivity index (χ0n) is 18.0. The Morgan fingerprint density at radius 1 is 1.03 bits per heavy atom. The Bertz CT molecular complexity index is 1110. The molecular formula is C24H23F3N4O2. The predicted octanol–water partition coefficient (Wildman–Crippen LogP) is 5.45. The normalized spacial score (nSPS) is 14.7. The molecule has 9 heteroatoms. The molecule has 1 N–H and O–H groups in total. The molecule has 0 saturated carbocycles. The first-order valence-electron chi connectivity index (χ1n) is 10.6. The molecule has 1 aliphatic rings. The van der Waals surface area contributed by atoms with E-state index in [4.69, 9.17) is 4.74 Å². The summed E-state index contributed by atoms with van der Waals surface area (Å²) in [4.78, 5) is 23.2. The molecule has 4 rings (SSSR count). The van der Waals surface area contributed by atoms with Crippen molar-refractivity contribution in [3.05, 3.63) is 71.9 Å². The van der Waals surface area contributed by atoms with Gasteiger partial charge >= 0.3 is 6.18 Å². The molecule has 2 aromatic carbocycles. The molecule has 1 fully saturated rings. The molecule has 33 heavy (non-hydrogen) atoms. The lowest BCUT2D eigenvalue weighted by molar-refractivity contribution is -0.137. The number of aryl methyl sites for hydroxylation is 1. The van der Waals surface area contributed by atoms with Gasteiger partial charge in [-0.15, -0.1) is 0 Å². The number of rotatable bonds is 5. The second-order valence-corrected chi connectivity index (χ2v) is 7.88. The lowest BCUT2D eigenvalue weighted by Gasteiger charge is -2.33. The lowest BCUT2D eigenvalue weighted by atomic mass is 9.95. The van der Waals surface area contributed by atoms with Crippen LogP contribution in [0, 0.1) is 12.8 Å². The molecule has 0 unspecified atom stereocenters. The summed E-state index contributed by atoms with van der Waals surface area (Å²) in [6, 6.07) is 16.1. The van der Waals surface area contributed by atoms with Gasteiger partial charge in [0, 0.05) is 36.5 Å². The van der Waals surface area contributed by atoms with Gasteiger partial charge in [-0.2, -0.15) is 18.2 Å². The number of anilines is 2. The van der Waals surface area contributed by atoms with Crippen LogP contribution >= 0.6 is 0 Å². The van der Waals surface area contributed by atoms with Crippen molar-refractivity contribution in [2.45, 2.75) is 25.9 Å². The fraction of sp³-hybridized carbons (Fsp3) is 0.292. The van der Waals surface area contributed by atoms with Crippen LogP contribution in [0.4, 0.5) is 24.8 Å². The second-order valence-electron chi connectivity index (χ2n) is 7.88. The van der Waals surface area contributed by atoms with E-state index in [0.717, 1.165) is 12.1 Å². The molecule has 0 atom stereocenters. The molecule has 3 aromatic rings. The Morgan fingerprint density at radius 3 is 2.45 bits per heavy atom. The number of alkyl halides is 3. The third kappa shape index (κ3) is 5.79. The number of aromatic nitrogens is 2. The Labute approximate surface area is 189 Å². The SMILES string of the molecule is Cc1cc(Oc2ccccc2)nc(NC(=O)C2CCN(c3cccc(C(F)(F)F)c3)CC2)n1. The molecule has 0 bridgehead atoms.